The number of benzene rings is 2. The van der Waals surface area contributed by atoms with Gasteiger partial charge in [-0.1, -0.05) is 18.2 Å². The largest absolute Gasteiger partial charge is 0.501 e. The molecule has 0 atom stereocenters. The summed E-state index contributed by atoms with van der Waals surface area (Å²) in [4.78, 5) is 46.0. The minimum Gasteiger partial charge on any atom is -0.501 e. The lowest BCUT2D eigenvalue weighted by Crippen LogP contribution is -2.12. The summed E-state index contributed by atoms with van der Waals surface area (Å²) in [7, 11) is 2.69. The van der Waals surface area contributed by atoms with Gasteiger partial charge in [0.05, 0.1) is 38.2 Å². The summed E-state index contributed by atoms with van der Waals surface area (Å²) in [6.07, 6.45) is 6.56. The fraction of sp³-hybridized carbons (Fsp3) is 0.286. The molecule has 0 unspecified atom stereocenters. The van der Waals surface area contributed by atoms with Crippen LogP contribution in [0.4, 0.5) is 0 Å². The van der Waals surface area contributed by atoms with E-state index in [1.165, 1.54) is 32.6 Å². The summed E-state index contributed by atoms with van der Waals surface area (Å²) in [6, 6.07) is 8.99. The van der Waals surface area contributed by atoms with Crippen LogP contribution in [0.2, 0.25) is 0 Å². The molecule has 2 aromatic rings. The normalized spacial score (nSPS) is 11.9. The molecule has 1 aliphatic rings. The molecule has 0 fully saturated rings. The van der Waals surface area contributed by atoms with Crippen LogP contribution < -0.4 is 0 Å². The molecule has 0 radical (unpaired) electrons. The van der Waals surface area contributed by atoms with Crippen LogP contribution in [-0.2, 0) is 36.6 Å². The number of esters is 2. The fourth-order valence-electron chi connectivity index (χ4n) is 3.60. The number of carbonyl (C=O) groups excluding carboxylic acids is 4. The molecule has 0 heterocycles. The molecule has 7 nitrogen and oxygen atoms in total. The minimum atomic E-state index is -0.401. The predicted molar refractivity (Wildman–Crippen MR) is 132 cm³/mol. The number of allylic oxidation sites excluding steroid dienone is 2. The topological polar surface area (TPSA) is 96.0 Å². The van der Waals surface area contributed by atoms with Crippen molar-refractivity contribution in [1.82, 2.24) is 0 Å². The lowest BCUT2D eigenvalue weighted by Gasteiger charge is -2.14. The van der Waals surface area contributed by atoms with Gasteiger partial charge in [0.15, 0.2) is 11.6 Å². The Morgan fingerprint density at radius 3 is 2.26 bits per heavy atom. The van der Waals surface area contributed by atoms with Crippen LogP contribution in [0.3, 0.4) is 0 Å². The lowest BCUT2D eigenvalue weighted by atomic mass is 9.91. The molecular weight excluding hydrogens is 448 g/mol. The van der Waals surface area contributed by atoms with Gasteiger partial charge in [-0.25, -0.2) is 9.59 Å². The molecule has 3 rings (SSSR count). The van der Waals surface area contributed by atoms with E-state index in [4.69, 9.17) is 9.47 Å². The van der Waals surface area contributed by atoms with E-state index in [2.05, 4.69) is 4.74 Å². The first-order chi connectivity index (χ1) is 16.7. The second-order valence-electron chi connectivity index (χ2n) is 7.95. The van der Waals surface area contributed by atoms with Crippen LogP contribution in [0.25, 0.3) is 6.08 Å². The van der Waals surface area contributed by atoms with Crippen LogP contribution in [0.5, 0.6) is 0 Å². The Morgan fingerprint density at radius 2 is 1.60 bits per heavy atom. The summed E-state index contributed by atoms with van der Waals surface area (Å²) in [5.41, 5.74) is 5.35. The maximum absolute atomic E-state index is 11.7. The predicted octanol–water partition coefficient (Wildman–Crippen LogP) is 4.36. The van der Waals surface area contributed by atoms with E-state index in [0.717, 1.165) is 27.8 Å². The molecule has 1 aliphatic carbocycles. The van der Waals surface area contributed by atoms with Crippen molar-refractivity contribution < 1.29 is 33.4 Å². The first-order valence-corrected chi connectivity index (χ1v) is 11.1. The third-order valence-corrected chi connectivity index (χ3v) is 5.07. The summed E-state index contributed by atoms with van der Waals surface area (Å²) in [6.45, 7) is 6.14. The Labute approximate surface area is 205 Å². The number of ether oxygens (including phenoxy) is 3. The summed E-state index contributed by atoms with van der Waals surface area (Å²) in [5.74, 6) is -0.773. The van der Waals surface area contributed by atoms with Gasteiger partial charge in [0, 0.05) is 18.9 Å². The average Bonchev–Trinajstić information content (AvgIpc) is 2.82. The fourth-order valence-corrected chi connectivity index (χ4v) is 3.60. The quantitative estimate of drug-likeness (QED) is 0.331. The van der Waals surface area contributed by atoms with Crippen molar-refractivity contribution in [3.8, 4) is 0 Å². The number of aryl methyl sites for hydroxylation is 2. The third kappa shape index (κ3) is 8.07. The smallest absolute Gasteiger partial charge is 0.338 e. The summed E-state index contributed by atoms with van der Waals surface area (Å²) in [5, 5.41) is 0. The molecule has 0 spiro atoms. The highest BCUT2D eigenvalue weighted by Gasteiger charge is 2.18. The zero-order chi connectivity index (χ0) is 26.0. The number of hydrogen-bond donors (Lipinski definition) is 0. The number of methoxy groups -OCH3 is 2. The SMILES string of the molecule is CCO/C=C/C(=O)Cc1cc(C)cc(C(=O)OC)c1.COC(=O)c1cc(C)cc2c1C=CC(=O)C2. The van der Waals surface area contributed by atoms with E-state index in [1.807, 2.05) is 32.9 Å². The van der Waals surface area contributed by atoms with Crippen LogP contribution in [-0.4, -0.2) is 44.3 Å². The van der Waals surface area contributed by atoms with Crippen molar-refractivity contribution >= 4 is 29.6 Å². The molecule has 184 valence electrons. The van der Waals surface area contributed by atoms with Crippen molar-refractivity contribution in [3.05, 3.63) is 87.7 Å². The molecule has 0 bridgehead atoms. The van der Waals surface area contributed by atoms with Gasteiger partial charge >= 0.3 is 11.9 Å². The van der Waals surface area contributed by atoms with Crippen molar-refractivity contribution in [2.24, 2.45) is 0 Å². The van der Waals surface area contributed by atoms with E-state index in [9.17, 15) is 19.2 Å². The van der Waals surface area contributed by atoms with Gasteiger partial charge in [0.25, 0.3) is 0 Å². The number of fused-ring (bicyclic) bond motifs is 1. The van der Waals surface area contributed by atoms with Gasteiger partial charge in [-0.3, -0.25) is 9.59 Å². The third-order valence-electron chi connectivity index (χ3n) is 5.07. The van der Waals surface area contributed by atoms with Gasteiger partial charge < -0.3 is 14.2 Å². The Hall–Kier alpha value is -4.00. The molecule has 2 aromatic carbocycles. The van der Waals surface area contributed by atoms with E-state index < -0.39 is 5.97 Å². The van der Waals surface area contributed by atoms with E-state index >= 15 is 0 Å². The molecule has 0 aliphatic heterocycles. The first-order valence-electron chi connectivity index (χ1n) is 11.1. The van der Waals surface area contributed by atoms with Crippen molar-refractivity contribution in [1.29, 1.82) is 0 Å². The lowest BCUT2D eigenvalue weighted by molar-refractivity contribution is -0.114. The average molecular weight is 479 g/mol. The van der Waals surface area contributed by atoms with Crippen LogP contribution in [0.1, 0.15) is 55.5 Å². The van der Waals surface area contributed by atoms with Crippen LogP contribution in [0, 0.1) is 13.8 Å². The van der Waals surface area contributed by atoms with E-state index in [0.29, 0.717) is 24.2 Å². The minimum absolute atomic E-state index is 0.0638. The zero-order valence-electron chi connectivity index (χ0n) is 20.7. The summed E-state index contributed by atoms with van der Waals surface area (Å²) < 4.78 is 14.4. The van der Waals surface area contributed by atoms with E-state index in [-0.39, 0.29) is 24.0 Å². The van der Waals surface area contributed by atoms with Crippen molar-refractivity contribution in [2.45, 2.75) is 33.6 Å². The van der Waals surface area contributed by atoms with Crippen LogP contribution in [0.15, 0.2) is 48.7 Å². The Kier molecular flexibility index (Phi) is 10.1. The molecule has 0 amide bonds. The van der Waals surface area contributed by atoms with Crippen LogP contribution >= 0.6 is 0 Å². The van der Waals surface area contributed by atoms with Crippen molar-refractivity contribution in [2.75, 3.05) is 20.8 Å². The molecule has 0 saturated heterocycles. The Bertz CT molecular complexity index is 1170. The number of hydrogen-bond acceptors (Lipinski definition) is 7. The highest BCUT2D eigenvalue weighted by molar-refractivity contribution is 6.03. The molecular formula is C28H30O7. The highest BCUT2D eigenvalue weighted by Crippen LogP contribution is 2.24. The zero-order valence-corrected chi connectivity index (χ0v) is 20.7. The number of carbonyl (C=O) groups is 4. The maximum Gasteiger partial charge on any atom is 0.338 e. The van der Waals surface area contributed by atoms with Gasteiger partial charge in [-0.15, -0.1) is 0 Å². The van der Waals surface area contributed by atoms with Crippen molar-refractivity contribution in [3.63, 3.8) is 0 Å². The van der Waals surface area contributed by atoms with E-state index in [1.54, 1.807) is 24.3 Å². The monoisotopic (exact) mass is 478 g/mol. The molecule has 0 saturated carbocycles. The number of ketones is 2. The maximum atomic E-state index is 11.7. The molecule has 0 aromatic heterocycles. The van der Waals surface area contributed by atoms with Gasteiger partial charge in [0.1, 0.15) is 0 Å². The number of rotatable bonds is 7. The second kappa shape index (κ2) is 13.0. The van der Waals surface area contributed by atoms with Gasteiger partial charge in [-0.05, 0) is 72.9 Å². The van der Waals surface area contributed by atoms with Gasteiger partial charge in [0.2, 0.25) is 0 Å². The highest BCUT2D eigenvalue weighted by atomic mass is 16.5. The Morgan fingerprint density at radius 1 is 0.914 bits per heavy atom. The second-order valence-corrected chi connectivity index (χ2v) is 7.95. The van der Waals surface area contributed by atoms with Gasteiger partial charge in [-0.2, -0.15) is 0 Å². The first kappa shape index (κ1) is 27.2. The summed E-state index contributed by atoms with van der Waals surface area (Å²) >= 11 is 0. The molecule has 0 N–H and O–H groups in total. The standard InChI is InChI=1S/C15H18O4.C13H12O3/c1-4-19-6-5-14(16)10-12-7-11(2)8-13(9-12)15(17)18-3;1-8-5-9-7-10(14)3-4-11(9)12(6-8)13(15)16-2/h5-9H,4,10H2,1-3H3;3-6H,7H2,1-2H3/b6-5+;. The molecule has 35 heavy (non-hydrogen) atoms. The molecule has 7 heteroatoms. The Balaban J connectivity index is 0.000000250.